The van der Waals surface area contributed by atoms with Gasteiger partial charge in [0.15, 0.2) is 0 Å². The Morgan fingerprint density at radius 1 is 1.22 bits per heavy atom. The average molecular weight is 333 g/mol. The fourth-order valence-electron chi connectivity index (χ4n) is 2.84. The summed E-state index contributed by atoms with van der Waals surface area (Å²) in [5, 5.41) is 2.57. The van der Waals surface area contributed by atoms with E-state index in [4.69, 9.17) is 11.6 Å². The van der Waals surface area contributed by atoms with Crippen LogP contribution in [0.2, 0.25) is 5.02 Å². The summed E-state index contributed by atoms with van der Waals surface area (Å²) in [5.41, 5.74) is 1.24. The molecule has 0 radical (unpaired) electrons. The fourth-order valence-corrected chi connectivity index (χ4v) is 3.08. The summed E-state index contributed by atoms with van der Waals surface area (Å²) >= 11 is 6.00. The monoisotopic (exact) mass is 332 g/mol. The minimum Gasteiger partial charge on any atom is -0.357 e. The lowest BCUT2D eigenvalue weighted by atomic mass is 10.1. The van der Waals surface area contributed by atoms with Gasteiger partial charge in [-0.05, 0) is 23.8 Å². The Morgan fingerprint density at radius 3 is 2.65 bits per heavy atom. The summed E-state index contributed by atoms with van der Waals surface area (Å²) in [7, 11) is 1.50. The number of anilines is 1. The van der Waals surface area contributed by atoms with Crippen LogP contribution in [0.5, 0.6) is 0 Å². The number of fused-ring (bicyclic) bond motifs is 1. The third-order valence-corrected chi connectivity index (χ3v) is 4.24. The first-order valence-corrected chi connectivity index (χ1v) is 7.49. The van der Waals surface area contributed by atoms with Gasteiger partial charge < -0.3 is 5.32 Å². The Bertz CT molecular complexity index is 774. The molecule has 23 heavy (non-hydrogen) atoms. The van der Waals surface area contributed by atoms with Crippen molar-refractivity contribution >= 4 is 29.1 Å². The topological polar surface area (TPSA) is 49.4 Å². The van der Waals surface area contributed by atoms with E-state index in [2.05, 4.69) is 5.32 Å². The average Bonchev–Trinajstić information content (AvgIpc) is 2.93. The number of nitrogens with zero attached hydrogens (tertiary/aromatic N) is 1. The Labute approximate surface area is 137 Å². The van der Waals surface area contributed by atoms with Crippen LogP contribution in [0.15, 0.2) is 42.5 Å². The van der Waals surface area contributed by atoms with E-state index in [9.17, 15) is 14.0 Å². The highest BCUT2D eigenvalue weighted by atomic mass is 35.5. The van der Waals surface area contributed by atoms with Gasteiger partial charge in [-0.3, -0.25) is 14.5 Å². The molecule has 4 nitrogen and oxygen atoms in total. The van der Waals surface area contributed by atoms with Gasteiger partial charge in [-0.2, -0.15) is 0 Å². The van der Waals surface area contributed by atoms with Crippen LogP contribution in [0.3, 0.4) is 0 Å². The van der Waals surface area contributed by atoms with Crippen LogP contribution in [0, 0.1) is 5.82 Å². The molecule has 0 aromatic heterocycles. The molecule has 118 valence electrons. The zero-order valence-electron chi connectivity index (χ0n) is 12.3. The van der Waals surface area contributed by atoms with E-state index in [0.29, 0.717) is 12.1 Å². The normalized spacial score (nSPS) is 16.1. The van der Waals surface area contributed by atoms with E-state index >= 15 is 0 Å². The molecule has 2 aromatic carbocycles. The van der Waals surface area contributed by atoms with Crippen LogP contribution in [-0.2, 0) is 11.2 Å². The molecule has 0 aliphatic carbocycles. The second-order valence-electron chi connectivity index (χ2n) is 5.23. The van der Waals surface area contributed by atoms with Gasteiger partial charge in [0.05, 0.1) is 10.6 Å². The number of halogens is 2. The smallest absolute Gasteiger partial charge is 0.263 e. The predicted octanol–water partition coefficient (Wildman–Crippen LogP) is 2.80. The first kappa shape index (κ1) is 15.5. The lowest BCUT2D eigenvalue weighted by Crippen LogP contribution is -2.47. The maximum atomic E-state index is 14.1. The number of rotatable bonds is 2. The maximum Gasteiger partial charge on any atom is 0.263 e. The highest BCUT2D eigenvalue weighted by Gasteiger charge is 2.39. The molecule has 1 aliphatic heterocycles. The first-order valence-electron chi connectivity index (χ1n) is 7.11. The molecule has 0 fully saturated rings. The van der Waals surface area contributed by atoms with Gasteiger partial charge >= 0.3 is 0 Å². The van der Waals surface area contributed by atoms with E-state index in [1.807, 2.05) is 12.1 Å². The standard InChI is InChI=1S/C17H14ClFN2O2/c1-20-16(22)14-9-10-5-2-3-8-13(10)21(14)17(23)15-11(18)6-4-7-12(15)19/h2-8,14H,9H2,1H3,(H,20,22)/t14-/m0/s1. The van der Waals surface area contributed by atoms with Crippen LogP contribution in [-0.4, -0.2) is 24.9 Å². The summed E-state index contributed by atoms with van der Waals surface area (Å²) < 4.78 is 14.1. The van der Waals surface area contributed by atoms with Crippen LogP contribution in [0.25, 0.3) is 0 Å². The van der Waals surface area contributed by atoms with Crippen molar-refractivity contribution in [3.63, 3.8) is 0 Å². The van der Waals surface area contributed by atoms with Crippen LogP contribution in [0.4, 0.5) is 10.1 Å². The van der Waals surface area contributed by atoms with Gasteiger partial charge in [0.2, 0.25) is 5.91 Å². The number of amides is 2. The van der Waals surface area contributed by atoms with Crippen molar-refractivity contribution in [3.8, 4) is 0 Å². The molecule has 0 saturated carbocycles. The van der Waals surface area contributed by atoms with Crippen molar-refractivity contribution in [2.24, 2.45) is 0 Å². The van der Waals surface area contributed by atoms with E-state index in [0.717, 1.165) is 5.56 Å². The first-order chi connectivity index (χ1) is 11.0. The largest absolute Gasteiger partial charge is 0.357 e. The van der Waals surface area contributed by atoms with Crippen molar-refractivity contribution in [3.05, 3.63) is 64.4 Å². The molecule has 0 bridgehead atoms. The molecule has 2 aromatic rings. The number of carbonyl (C=O) groups excluding carboxylic acids is 2. The molecule has 1 aliphatic rings. The number of likely N-dealkylation sites (N-methyl/N-ethyl adjacent to an activating group) is 1. The van der Waals surface area contributed by atoms with Crippen molar-refractivity contribution in [1.29, 1.82) is 0 Å². The maximum absolute atomic E-state index is 14.1. The molecule has 0 saturated heterocycles. The van der Waals surface area contributed by atoms with Crippen molar-refractivity contribution in [2.75, 3.05) is 11.9 Å². The van der Waals surface area contributed by atoms with Gasteiger partial charge in [-0.1, -0.05) is 35.9 Å². The zero-order chi connectivity index (χ0) is 16.6. The molecule has 2 amide bonds. The van der Waals surface area contributed by atoms with E-state index < -0.39 is 17.8 Å². The number of hydrogen-bond acceptors (Lipinski definition) is 2. The number of nitrogens with one attached hydrogen (secondary N) is 1. The van der Waals surface area contributed by atoms with Crippen molar-refractivity contribution in [2.45, 2.75) is 12.5 Å². The number of carbonyl (C=O) groups is 2. The summed E-state index contributed by atoms with van der Waals surface area (Å²) in [6, 6.07) is 10.5. The molecular formula is C17H14ClFN2O2. The SMILES string of the molecule is CNC(=O)[C@@H]1Cc2ccccc2N1C(=O)c1c(F)cccc1Cl. The van der Waals surface area contributed by atoms with Gasteiger partial charge in [0.25, 0.3) is 5.91 Å². The number of hydrogen-bond donors (Lipinski definition) is 1. The van der Waals surface area contributed by atoms with Crippen LogP contribution >= 0.6 is 11.6 Å². The number of para-hydroxylation sites is 1. The summed E-state index contributed by atoms with van der Waals surface area (Å²) in [4.78, 5) is 26.4. The fraction of sp³-hybridized carbons (Fsp3) is 0.176. The second-order valence-corrected chi connectivity index (χ2v) is 5.64. The summed E-state index contributed by atoms with van der Waals surface area (Å²) in [6.45, 7) is 0. The predicted molar refractivity (Wildman–Crippen MR) is 86.2 cm³/mol. The van der Waals surface area contributed by atoms with Gasteiger partial charge in [0, 0.05) is 19.2 Å². The Kier molecular flexibility index (Phi) is 4.05. The quantitative estimate of drug-likeness (QED) is 0.919. The van der Waals surface area contributed by atoms with Gasteiger partial charge in [-0.15, -0.1) is 0 Å². The number of benzene rings is 2. The molecule has 1 N–H and O–H groups in total. The molecule has 0 unspecified atom stereocenters. The second kappa shape index (κ2) is 6.01. The molecule has 3 rings (SSSR count). The van der Waals surface area contributed by atoms with E-state index in [1.165, 1.54) is 30.1 Å². The Hall–Kier alpha value is -2.40. The van der Waals surface area contributed by atoms with Gasteiger partial charge in [0.1, 0.15) is 11.9 Å². The lowest BCUT2D eigenvalue weighted by molar-refractivity contribution is -0.121. The van der Waals surface area contributed by atoms with Crippen LogP contribution in [0.1, 0.15) is 15.9 Å². The Balaban J connectivity index is 2.11. The third-order valence-electron chi connectivity index (χ3n) is 3.92. The van der Waals surface area contributed by atoms with Crippen LogP contribution < -0.4 is 10.2 Å². The highest BCUT2D eigenvalue weighted by Crippen LogP contribution is 2.35. The van der Waals surface area contributed by atoms with Crippen molar-refractivity contribution < 1.29 is 14.0 Å². The Morgan fingerprint density at radius 2 is 1.96 bits per heavy atom. The zero-order valence-corrected chi connectivity index (χ0v) is 13.1. The summed E-state index contributed by atoms with van der Waals surface area (Å²) in [5.74, 6) is -1.63. The molecular weight excluding hydrogens is 319 g/mol. The molecule has 1 heterocycles. The van der Waals surface area contributed by atoms with Crippen molar-refractivity contribution in [1.82, 2.24) is 5.32 Å². The third kappa shape index (κ3) is 2.57. The summed E-state index contributed by atoms with van der Waals surface area (Å²) in [6.07, 6.45) is 0.383. The minimum absolute atomic E-state index is 0.0232. The molecule has 0 spiro atoms. The van der Waals surface area contributed by atoms with E-state index in [-0.39, 0.29) is 16.5 Å². The minimum atomic E-state index is -0.722. The molecule has 1 atom stereocenters. The van der Waals surface area contributed by atoms with E-state index in [1.54, 1.807) is 12.1 Å². The lowest BCUT2D eigenvalue weighted by Gasteiger charge is -2.25. The van der Waals surface area contributed by atoms with Gasteiger partial charge in [-0.25, -0.2) is 4.39 Å². The molecule has 6 heteroatoms. The highest BCUT2D eigenvalue weighted by molar-refractivity contribution is 6.34.